The highest BCUT2D eigenvalue weighted by atomic mass is 16.2. The van der Waals surface area contributed by atoms with Crippen LogP contribution in [0.2, 0.25) is 0 Å². The standard InChI is InChI=1S/C15H13N3O3/c1-18-12(19)10-4-3-9(7-11(10)13(18)20)17-14(21)15(8-16)5-2-6-15/h3-4,7H,2,5-6H2,1H3,(H,17,21). The minimum atomic E-state index is -0.949. The number of anilines is 1. The second-order valence-corrected chi connectivity index (χ2v) is 5.43. The number of rotatable bonds is 2. The number of fused-ring (bicyclic) bond motifs is 1. The predicted octanol–water partition coefficient (Wildman–Crippen LogP) is 1.54. The zero-order chi connectivity index (χ0) is 15.2. The van der Waals surface area contributed by atoms with E-state index in [2.05, 4.69) is 11.4 Å². The van der Waals surface area contributed by atoms with Crippen LogP contribution in [-0.4, -0.2) is 29.7 Å². The van der Waals surface area contributed by atoms with Crippen molar-refractivity contribution < 1.29 is 14.4 Å². The number of carbonyl (C=O) groups is 3. The molecule has 1 N–H and O–H groups in total. The van der Waals surface area contributed by atoms with Gasteiger partial charge in [0.1, 0.15) is 5.41 Å². The number of hydrogen-bond acceptors (Lipinski definition) is 4. The van der Waals surface area contributed by atoms with E-state index in [0.29, 0.717) is 24.1 Å². The molecule has 6 heteroatoms. The Morgan fingerprint density at radius 1 is 1.29 bits per heavy atom. The molecule has 3 amide bonds. The lowest BCUT2D eigenvalue weighted by molar-refractivity contribution is -0.126. The second kappa shape index (κ2) is 4.42. The minimum Gasteiger partial charge on any atom is -0.325 e. The summed E-state index contributed by atoms with van der Waals surface area (Å²) in [6, 6.07) is 6.65. The third kappa shape index (κ3) is 1.82. The fourth-order valence-corrected chi connectivity index (χ4v) is 2.61. The molecule has 0 atom stereocenters. The van der Waals surface area contributed by atoms with Crippen LogP contribution in [0, 0.1) is 16.7 Å². The SMILES string of the molecule is CN1C(=O)c2ccc(NC(=O)C3(C#N)CCC3)cc2C1=O. The van der Waals surface area contributed by atoms with E-state index in [0.717, 1.165) is 11.3 Å². The molecule has 3 rings (SSSR count). The summed E-state index contributed by atoms with van der Waals surface area (Å²) >= 11 is 0. The normalized spacial score (nSPS) is 18.8. The highest BCUT2D eigenvalue weighted by Crippen LogP contribution is 2.41. The number of hydrogen-bond donors (Lipinski definition) is 1. The van der Waals surface area contributed by atoms with Gasteiger partial charge in [-0.2, -0.15) is 5.26 Å². The zero-order valence-corrected chi connectivity index (χ0v) is 11.5. The Kier molecular flexibility index (Phi) is 2.80. The maximum Gasteiger partial charge on any atom is 0.261 e. The fourth-order valence-electron chi connectivity index (χ4n) is 2.61. The maximum absolute atomic E-state index is 12.2. The molecule has 6 nitrogen and oxygen atoms in total. The third-order valence-electron chi connectivity index (χ3n) is 4.20. The Balaban J connectivity index is 1.87. The summed E-state index contributed by atoms with van der Waals surface area (Å²) in [6.07, 6.45) is 1.98. The van der Waals surface area contributed by atoms with Crippen molar-refractivity contribution >= 4 is 23.4 Å². The molecule has 0 aromatic heterocycles. The van der Waals surface area contributed by atoms with E-state index < -0.39 is 5.41 Å². The Morgan fingerprint density at radius 2 is 1.95 bits per heavy atom. The lowest BCUT2D eigenvalue weighted by Crippen LogP contribution is -2.40. The van der Waals surface area contributed by atoms with Gasteiger partial charge in [0.25, 0.3) is 11.8 Å². The number of carbonyl (C=O) groups excluding carboxylic acids is 3. The van der Waals surface area contributed by atoms with Gasteiger partial charge in [-0.1, -0.05) is 0 Å². The smallest absolute Gasteiger partial charge is 0.261 e. The van der Waals surface area contributed by atoms with Crippen molar-refractivity contribution in [2.75, 3.05) is 12.4 Å². The molecule has 0 unspecified atom stereocenters. The van der Waals surface area contributed by atoms with Crippen molar-refractivity contribution in [1.29, 1.82) is 5.26 Å². The van der Waals surface area contributed by atoms with Crippen molar-refractivity contribution in [3.05, 3.63) is 29.3 Å². The summed E-state index contributed by atoms with van der Waals surface area (Å²) in [5, 5.41) is 11.8. The molecular formula is C15H13N3O3. The Labute approximate surface area is 121 Å². The van der Waals surface area contributed by atoms with E-state index in [-0.39, 0.29) is 23.3 Å². The van der Waals surface area contributed by atoms with E-state index >= 15 is 0 Å². The molecule has 1 aliphatic carbocycles. The Morgan fingerprint density at radius 3 is 2.52 bits per heavy atom. The van der Waals surface area contributed by atoms with Crippen LogP contribution in [-0.2, 0) is 4.79 Å². The van der Waals surface area contributed by atoms with E-state index in [1.54, 1.807) is 6.07 Å². The van der Waals surface area contributed by atoms with Crippen molar-refractivity contribution in [1.82, 2.24) is 4.90 Å². The lowest BCUT2D eigenvalue weighted by atomic mass is 9.69. The van der Waals surface area contributed by atoms with Crippen LogP contribution in [0.4, 0.5) is 5.69 Å². The molecule has 2 aliphatic rings. The van der Waals surface area contributed by atoms with Gasteiger partial charge in [-0.25, -0.2) is 0 Å². The molecule has 21 heavy (non-hydrogen) atoms. The summed E-state index contributed by atoms with van der Waals surface area (Å²) in [7, 11) is 1.42. The monoisotopic (exact) mass is 283 g/mol. The molecule has 0 spiro atoms. The highest BCUT2D eigenvalue weighted by molar-refractivity contribution is 6.21. The topological polar surface area (TPSA) is 90.3 Å². The van der Waals surface area contributed by atoms with Gasteiger partial charge in [0.15, 0.2) is 0 Å². The first kappa shape index (κ1) is 13.3. The average Bonchev–Trinajstić information content (AvgIpc) is 2.63. The van der Waals surface area contributed by atoms with E-state index in [1.807, 2.05) is 0 Å². The minimum absolute atomic E-state index is 0.278. The van der Waals surface area contributed by atoms with E-state index in [9.17, 15) is 14.4 Å². The van der Waals surface area contributed by atoms with E-state index in [4.69, 9.17) is 5.26 Å². The van der Waals surface area contributed by atoms with Crippen LogP contribution < -0.4 is 5.32 Å². The lowest BCUT2D eigenvalue weighted by Gasteiger charge is -2.33. The highest BCUT2D eigenvalue weighted by Gasteiger charge is 2.44. The molecule has 1 aliphatic heterocycles. The van der Waals surface area contributed by atoms with Crippen molar-refractivity contribution in [3.63, 3.8) is 0 Å². The molecule has 0 radical (unpaired) electrons. The van der Waals surface area contributed by atoms with Crippen LogP contribution in [0.3, 0.4) is 0 Å². The van der Waals surface area contributed by atoms with Crippen LogP contribution >= 0.6 is 0 Å². The maximum atomic E-state index is 12.2. The van der Waals surface area contributed by atoms with Gasteiger partial charge in [0, 0.05) is 12.7 Å². The number of imide groups is 1. The number of amides is 3. The van der Waals surface area contributed by atoms with E-state index in [1.165, 1.54) is 19.2 Å². The number of nitrogens with zero attached hydrogens (tertiary/aromatic N) is 2. The number of benzene rings is 1. The predicted molar refractivity (Wildman–Crippen MR) is 73.4 cm³/mol. The van der Waals surface area contributed by atoms with Gasteiger partial charge in [0.2, 0.25) is 5.91 Å². The van der Waals surface area contributed by atoms with Gasteiger partial charge in [-0.05, 0) is 37.5 Å². The second-order valence-electron chi connectivity index (χ2n) is 5.43. The molecule has 1 saturated carbocycles. The van der Waals surface area contributed by atoms with Gasteiger partial charge >= 0.3 is 0 Å². The number of nitriles is 1. The van der Waals surface area contributed by atoms with Gasteiger partial charge in [-0.3, -0.25) is 19.3 Å². The first-order valence-electron chi connectivity index (χ1n) is 6.68. The first-order chi connectivity index (χ1) is 9.98. The van der Waals surface area contributed by atoms with Gasteiger partial charge in [0.05, 0.1) is 17.2 Å². The largest absolute Gasteiger partial charge is 0.325 e. The van der Waals surface area contributed by atoms with Gasteiger partial charge < -0.3 is 5.32 Å². The Bertz CT molecular complexity index is 713. The third-order valence-corrected chi connectivity index (χ3v) is 4.20. The molecule has 106 valence electrons. The molecular weight excluding hydrogens is 270 g/mol. The van der Waals surface area contributed by atoms with Crippen LogP contribution in [0.1, 0.15) is 40.0 Å². The molecule has 0 bridgehead atoms. The van der Waals surface area contributed by atoms with Gasteiger partial charge in [-0.15, -0.1) is 0 Å². The van der Waals surface area contributed by atoms with Crippen molar-refractivity contribution in [2.45, 2.75) is 19.3 Å². The first-order valence-corrected chi connectivity index (χ1v) is 6.68. The number of nitrogens with one attached hydrogen (secondary N) is 1. The molecule has 1 aromatic rings. The fraction of sp³-hybridized carbons (Fsp3) is 0.333. The van der Waals surface area contributed by atoms with Crippen LogP contribution in [0.25, 0.3) is 0 Å². The zero-order valence-electron chi connectivity index (χ0n) is 11.5. The summed E-state index contributed by atoms with van der Waals surface area (Å²) in [5.41, 5.74) is 0.0890. The molecule has 1 fully saturated rings. The van der Waals surface area contributed by atoms with Crippen LogP contribution in [0.5, 0.6) is 0 Å². The van der Waals surface area contributed by atoms with Crippen molar-refractivity contribution in [2.24, 2.45) is 5.41 Å². The summed E-state index contributed by atoms with van der Waals surface area (Å²) in [4.78, 5) is 36.9. The average molecular weight is 283 g/mol. The summed E-state index contributed by atoms with van der Waals surface area (Å²) in [6.45, 7) is 0. The summed E-state index contributed by atoms with van der Waals surface area (Å²) < 4.78 is 0. The van der Waals surface area contributed by atoms with Crippen molar-refractivity contribution in [3.8, 4) is 6.07 Å². The molecule has 0 saturated heterocycles. The molecule has 1 aromatic carbocycles. The summed E-state index contributed by atoms with van der Waals surface area (Å²) in [5.74, 6) is -1.08. The quantitative estimate of drug-likeness (QED) is 0.834. The molecule has 1 heterocycles. The van der Waals surface area contributed by atoms with Crippen LogP contribution in [0.15, 0.2) is 18.2 Å². The Hall–Kier alpha value is -2.68.